The van der Waals surface area contributed by atoms with Crippen LogP contribution in [0.5, 0.6) is 0 Å². The van der Waals surface area contributed by atoms with Gasteiger partial charge in [-0.1, -0.05) is 20.8 Å². The van der Waals surface area contributed by atoms with Crippen LogP contribution in [0.15, 0.2) is 36.7 Å². The average molecular weight is 357 g/mol. The SMILES string of the molecule is CCCNC(=O)c1ccc(NC(=O)N[C@H](c2nccn2C)C(C)C)cc1. The highest BCUT2D eigenvalue weighted by Crippen LogP contribution is 2.20. The normalized spacial score (nSPS) is 11.9. The van der Waals surface area contributed by atoms with Crippen molar-refractivity contribution in [1.82, 2.24) is 20.2 Å². The Bertz CT molecular complexity index is 737. The highest BCUT2D eigenvalue weighted by molar-refractivity contribution is 5.95. The Labute approximate surface area is 154 Å². The van der Waals surface area contributed by atoms with Crippen LogP contribution in [0.25, 0.3) is 0 Å². The molecule has 0 aliphatic carbocycles. The maximum Gasteiger partial charge on any atom is 0.319 e. The molecular weight excluding hydrogens is 330 g/mol. The summed E-state index contributed by atoms with van der Waals surface area (Å²) in [6.07, 6.45) is 4.46. The van der Waals surface area contributed by atoms with E-state index in [9.17, 15) is 9.59 Å². The Balaban J connectivity index is 1.98. The molecule has 0 fully saturated rings. The minimum atomic E-state index is -0.310. The lowest BCUT2D eigenvalue weighted by atomic mass is 10.0. The van der Waals surface area contributed by atoms with Gasteiger partial charge in [0.05, 0.1) is 6.04 Å². The summed E-state index contributed by atoms with van der Waals surface area (Å²) in [5.74, 6) is 0.877. The van der Waals surface area contributed by atoms with E-state index >= 15 is 0 Å². The molecule has 0 bridgehead atoms. The van der Waals surface area contributed by atoms with E-state index < -0.39 is 0 Å². The first-order valence-electron chi connectivity index (χ1n) is 8.85. The number of amides is 3. The van der Waals surface area contributed by atoms with Crippen molar-refractivity contribution in [1.29, 1.82) is 0 Å². The van der Waals surface area contributed by atoms with E-state index in [1.54, 1.807) is 30.5 Å². The van der Waals surface area contributed by atoms with Crippen LogP contribution in [-0.2, 0) is 7.05 Å². The quantitative estimate of drug-likeness (QED) is 0.711. The second-order valence-corrected chi connectivity index (χ2v) is 6.55. The van der Waals surface area contributed by atoms with Gasteiger partial charge in [-0.05, 0) is 36.6 Å². The smallest absolute Gasteiger partial charge is 0.319 e. The van der Waals surface area contributed by atoms with Gasteiger partial charge in [0, 0.05) is 37.2 Å². The maximum absolute atomic E-state index is 12.4. The number of rotatable bonds is 7. The number of hydrogen-bond acceptors (Lipinski definition) is 3. The molecule has 7 nitrogen and oxygen atoms in total. The first-order valence-corrected chi connectivity index (χ1v) is 8.85. The Morgan fingerprint density at radius 3 is 2.42 bits per heavy atom. The van der Waals surface area contributed by atoms with E-state index in [2.05, 4.69) is 20.9 Å². The molecule has 3 N–H and O–H groups in total. The van der Waals surface area contributed by atoms with Gasteiger partial charge in [-0.15, -0.1) is 0 Å². The average Bonchev–Trinajstić information content (AvgIpc) is 3.03. The number of hydrogen-bond donors (Lipinski definition) is 3. The number of benzene rings is 1. The van der Waals surface area contributed by atoms with Gasteiger partial charge in [0.1, 0.15) is 5.82 Å². The van der Waals surface area contributed by atoms with E-state index in [0.29, 0.717) is 17.8 Å². The Kier molecular flexibility index (Phi) is 6.77. The molecule has 0 saturated heterocycles. The van der Waals surface area contributed by atoms with Gasteiger partial charge in [0.15, 0.2) is 0 Å². The number of aromatic nitrogens is 2. The van der Waals surface area contributed by atoms with E-state index in [-0.39, 0.29) is 23.9 Å². The molecule has 2 aromatic rings. The number of carbonyl (C=O) groups is 2. The largest absolute Gasteiger partial charge is 0.352 e. The fraction of sp³-hybridized carbons (Fsp3) is 0.421. The number of urea groups is 1. The van der Waals surface area contributed by atoms with Crippen LogP contribution in [0.1, 0.15) is 49.4 Å². The van der Waals surface area contributed by atoms with Crippen molar-refractivity contribution in [2.24, 2.45) is 13.0 Å². The molecule has 3 amide bonds. The predicted molar refractivity (Wildman–Crippen MR) is 102 cm³/mol. The molecule has 1 atom stereocenters. The number of nitrogens with zero attached hydrogens (tertiary/aromatic N) is 2. The number of aryl methyl sites for hydroxylation is 1. The molecule has 0 unspecified atom stereocenters. The number of anilines is 1. The van der Waals surface area contributed by atoms with E-state index in [1.807, 2.05) is 38.6 Å². The third-order valence-corrected chi connectivity index (χ3v) is 4.03. The van der Waals surface area contributed by atoms with Crippen molar-refractivity contribution in [2.75, 3.05) is 11.9 Å². The molecule has 0 radical (unpaired) electrons. The molecule has 0 aliphatic rings. The predicted octanol–water partition coefficient (Wildman–Crippen LogP) is 3.08. The molecule has 7 heteroatoms. The van der Waals surface area contributed by atoms with E-state index in [4.69, 9.17) is 0 Å². The summed E-state index contributed by atoms with van der Waals surface area (Å²) in [5.41, 5.74) is 1.19. The molecule has 1 heterocycles. The van der Waals surface area contributed by atoms with E-state index in [1.165, 1.54) is 0 Å². The molecule has 0 spiro atoms. The Morgan fingerprint density at radius 2 is 1.88 bits per heavy atom. The molecule has 1 aromatic heterocycles. The van der Waals surface area contributed by atoms with Gasteiger partial charge < -0.3 is 20.5 Å². The lowest BCUT2D eigenvalue weighted by Crippen LogP contribution is -2.36. The van der Waals surface area contributed by atoms with Crippen molar-refractivity contribution in [3.8, 4) is 0 Å². The van der Waals surface area contributed by atoms with Crippen molar-refractivity contribution in [3.05, 3.63) is 48.0 Å². The van der Waals surface area contributed by atoms with E-state index in [0.717, 1.165) is 12.2 Å². The molecule has 26 heavy (non-hydrogen) atoms. The van der Waals surface area contributed by atoms with Gasteiger partial charge in [-0.2, -0.15) is 0 Å². The summed E-state index contributed by atoms with van der Waals surface area (Å²) in [6, 6.07) is 6.31. The molecule has 1 aromatic carbocycles. The van der Waals surface area contributed by atoms with Gasteiger partial charge in [-0.25, -0.2) is 9.78 Å². The van der Waals surface area contributed by atoms with Crippen LogP contribution < -0.4 is 16.0 Å². The fourth-order valence-electron chi connectivity index (χ4n) is 2.56. The summed E-state index contributed by atoms with van der Waals surface area (Å²) in [7, 11) is 1.90. The van der Waals surface area contributed by atoms with Crippen molar-refractivity contribution >= 4 is 17.6 Å². The zero-order chi connectivity index (χ0) is 19.1. The zero-order valence-corrected chi connectivity index (χ0v) is 15.7. The van der Waals surface area contributed by atoms with Gasteiger partial charge >= 0.3 is 6.03 Å². The first-order chi connectivity index (χ1) is 12.4. The fourth-order valence-corrected chi connectivity index (χ4v) is 2.56. The Morgan fingerprint density at radius 1 is 1.19 bits per heavy atom. The van der Waals surface area contributed by atoms with Crippen molar-refractivity contribution in [2.45, 2.75) is 33.2 Å². The van der Waals surface area contributed by atoms with Gasteiger partial charge in [-0.3, -0.25) is 4.79 Å². The lowest BCUT2D eigenvalue weighted by Gasteiger charge is -2.22. The molecule has 0 aliphatic heterocycles. The minimum absolute atomic E-state index is 0.113. The number of imidazole rings is 1. The topological polar surface area (TPSA) is 88.1 Å². The van der Waals surface area contributed by atoms with Crippen LogP contribution >= 0.6 is 0 Å². The van der Waals surface area contributed by atoms with Crippen LogP contribution in [0.4, 0.5) is 10.5 Å². The van der Waals surface area contributed by atoms with Crippen molar-refractivity contribution < 1.29 is 9.59 Å². The first kappa shape index (κ1) is 19.5. The van der Waals surface area contributed by atoms with Crippen molar-refractivity contribution in [3.63, 3.8) is 0 Å². The summed E-state index contributed by atoms with van der Waals surface area (Å²) < 4.78 is 1.90. The standard InChI is InChI=1S/C19H27N5O2/c1-5-10-21-18(25)14-6-8-15(9-7-14)22-19(26)23-16(13(2)3)17-20-11-12-24(17)4/h6-9,11-13,16H,5,10H2,1-4H3,(H,21,25)(H2,22,23,26)/t16-/m0/s1. The summed E-state index contributed by atoms with van der Waals surface area (Å²) >= 11 is 0. The minimum Gasteiger partial charge on any atom is -0.352 e. The summed E-state index contributed by atoms with van der Waals surface area (Å²) in [6.45, 7) is 6.71. The van der Waals surface area contributed by atoms with Gasteiger partial charge in [0.25, 0.3) is 5.91 Å². The van der Waals surface area contributed by atoms with Gasteiger partial charge in [0.2, 0.25) is 0 Å². The summed E-state index contributed by atoms with van der Waals surface area (Å²) in [5, 5.41) is 8.58. The molecule has 140 valence electrons. The maximum atomic E-state index is 12.4. The summed E-state index contributed by atoms with van der Waals surface area (Å²) in [4.78, 5) is 28.6. The Hall–Kier alpha value is -2.83. The second-order valence-electron chi connectivity index (χ2n) is 6.55. The van der Waals surface area contributed by atoms with Crippen LogP contribution in [0.3, 0.4) is 0 Å². The third-order valence-electron chi connectivity index (χ3n) is 4.03. The molecule has 0 saturated carbocycles. The van der Waals surface area contributed by atoms with Crippen LogP contribution in [0.2, 0.25) is 0 Å². The monoisotopic (exact) mass is 357 g/mol. The third kappa shape index (κ3) is 5.08. The molecule has 2 rings (SSSR count). The van der Waals surface area contributed by atoms with Crippen LogP contribution in [0, 0.1) is 5.92 Å². The lowest BCUT2D eigenvalue weighted by molar-refractivity contribution is 0.0953. The molecular formula is C19H27N5O2. The number of nitrogens with one attached hydrogen (secondary N) is 3. The van der Waals surface area contributed by atoms with Crippen LogP contribution in [-0.4, -0.2) is 28.0 Å². The number of carbonyl (C=O) groups excluding carboxylic acids is 2. The zero-order valence-electron chi connectivity index (χ0n) is 15.7. The highest BCUT2D eigenvalue weighted by atomic mass is 16.2. The highest BCUT2D eigenvalue weighted by Gasteiger charge is 2.22. The second kappa shape index (κ2) is 9.03.